The summed E-state index contributed by atoms with van der Waals surface area (Å²) in [5.41, 5.74) is 8.62. The fourth-order valence-corrected chi connectivity index (χ4v) is 3.76. The van der Waals surface area contributed by atoms with Gasteiger partial charge in [-0.15, -0.1) is 0 Å². The summed E-state index contributed by atoms with van der Waals surface area (Å²) in [6, 6.07) is 17.8. The normalized spacial score (nSPS) is 14.3. The molecule has 0 saturated heterocycles. The van der Waals surface area contributed by atoms with Crippen molar-refractivity contribution in [1.29, 1.82) is 0 Å². The zero-order valence-electron chi connectivity index (χ0n) is 16.1. The molecule has 6 nitrogen and oxygen atoms in total. The molecule has 5 rings (SSSR count). The number of nitrogens with two attached hydrogens (primary N) is 1. The summed E-state index contributed by atoms with van der Waals surface area (Å²) in [7, 11) is 0. The van der Waals surface area contributed by atoms with Crippen LogP contribution in [0, 0.1) is 0 Å². The van der Waals surface area contributed by atoms with E-state index >= 15 is 0 Å². The first-order valence-electron chi connectivity index (χ1n) is 9.52. The minimum Gasteiger partial charge on any atom is -0.492 e. The average Bonchev–Trinajstić information content (AvgIpc) is 3.23. The van der Waals surface area contributed by atoms with Crippen molar-refractivity contribution >= 4 is 28.8 Å². The second-order valence-corrected chi connectivity index (χ2v) is 6.93. The van der Waals surface area contributed by atoms with E-state index in [4.69, 9.17) is 19.9 Å². The third-order valence-electron chi connectivity index (χ3n) is 5.10. The third-order valence-corrected chi connectivity index (χ3v) is 5.10. The molecule has 0 fully saturated rings. The Hall–Kier alpha value is -4.06. The molecule has 0 bridgehead atoms. The maximum absolute atomic E-state index is 12.7. The first-order valence-corrected chi connectivity index (χ1v) is 9.52. The maximum Gasteiger partial charge on any atom is 0.344 e. The van der Waals surface area contributed by atoms with E-state index in [2.05, 4.69) is 0 Å². The molecule has 3 aromatic rings. The minimum absolute atomic E-state index is 0.373. The number of benzene rings is 3. The number of carbonyl (C=O) groups excluding carboxylic acids is 2. The predicted octanol–water partition coefficient (Wildman–Crippen LogP) is 1.90. The predicted molar refractivity (Wildman–Crippen MR) is 110 cm³/mol. The van der Waals surface area contributed by atoms with Gasteiger partial charge in [-0.05, 0) is 42.3 Å². The molecule has 148 valence electrons. The molecule has 2 aliphatic heterocycles. The van der Waals surface area contributed by atoms with Gasteiger partial charge in [-0.1, -0.05) is 36.4 Å². The van der Waals surface area contributed by atoms with Gasteiger partial charge in [-0.3, -0.25) is 0 Å². The van der Waals surface area contributed by atoms with Crippen molar-refractivity contribution in [3.05, 3.63) is 82.2 Å². The number of hydrogen-bond acceptors (Lipinski definition) is 6. The van der Waals surface area contributed by atoms with Crippen molar-refractivity contribution in [3.8, 4) is 17.2 Å². The molecule has 2 heterocycles. The molecule has 0 spiro atoms. The summed E-state index contributed by atoms with van der Waals surface area (Å²) in [5, 5.41) is 1.17. The number of carbonyl (C=O) groups is 2. The number of rotatable bonds is 4. The topological polar surface area (TPSA) is 87.8 Å². The Kier molecular flexibility index (Phi) is 4.06. The van der Waals surface area contributed by atoms with Crippen LogP contribution in [0.2, 0.25) is 0 Å². The smallest absolute Gasteiger partial charge is 0.344 e. The van der Waals surface area contributed by atoms with Gasteiger partial charge in [0.1, 0.15) is 17.2 Å². The Morgan fingerprint density at radius 2 is 1.40 bits per heavy atom. The van der Waals surface area contributed by atoms with Crippen LogP contribution in [0.15, 0.2) is 60.7 Å². The van der Waals surface area contributed by atoms with E-state index in [0.717, 1.165) is 5.56 Å². The molecular formula is C24H17NO5. The van der Waals surface area contributed by atoms with Gasteiger partial charge in [-0.2, -0.15) is 0 Å². The summed E-state index contributed by atoms with van der Waals surface area (Å²) in [6.07, 6.45) is 0. The van der Waals surface area contributed by atoms with E-state index in [1.807, 2.05) is 37.3 Å². The summed E-state index contributed by atoms with van der Waals surface area (Å²) in [5.74, 6) is 0.368. The highest BCUT2D eigenvalue weighted by molar-refractivity contribution is 6.21. The fourth-order valence-electron chi connectivity index (χ4n) is 3.76. The fraction of sp³-hybridized carbons (Fsp3) is 0.0833. The van der Waals surface area contributed by atoms with E-state index in [1.165, 1.54) is 0 Å². The summed E-state index contributed by atoms with van der Waals surface area (Å²) in [4.78, 5) is 25.2. The molecule has 6 heteroatoms. The van der Waals surface area contributed by atoms with Crippen molar-refractivity contribution < 1.29 is 23.8 Å². The first-order chi connectivity index (χ1) is 14.6. The van der Waals surface area contributed by atoms with E-state index in [1.54, 1.807) is 30.3 Å². The molecule has 0 unspecified atom stereocenters. The van der Waals surface area contributed by atoms with Crippen LogP contribution in [0.1, 0.15) is 18.1 Å². The van der Waals surface area contributed by atoms with Crippen molar-refractivity contribution in [1.82, 2.24) is 0 Å². The molecule has 2 N–H and O–H groups in total. The van der Waals surface area contributed by atoms with Gasteiger partial charge in [0.2, 0.25) is 0 Å². The van der Waals surface area contributed by atoms with Crippen LogP contribution < -0.4 is 30.4 Å². The highest BCUT2D eigenvalue weighted by Gasteiger charge is 2.30. The van der Waals surface area contributed by atoms with Crippen LogP contribution in [-0.4, -0.2) is 18.5 Å². The summed E-state index contributed by atoms with van der Waals surface area (Å²) >= 11 is 0. The second-order valence-electron chi connectivity index (χ2n) is 6.93. The number of ether oxygens (including phenoxy) is 3. The van der Waals surface area contributed by atoms with E-state index in [9.17, 15) is 9.59 Å². The van der Waals surface area contributed by atoms with Crippen LogP contribution in [0.5, 0.6) is 17.2 Å². The zero-order valence-corrected chi connectivity index (χ0v) is 16.1. The Morgan fingerprint density at radius 3 is 2.00 bits per heavy atom. The lowest BCUT2D eigenvalue weighted by atomic mass is 10.0. The average molecular weight is 399 g/mol. The molecule has 0 atom stereocenters. The van der Waals surface area contributed by atoms with Gasteiger partial charge < -0.3 is 19.9 Å². The molecule has 2 aliphatic rings. The van der Waals surface area contributed by atoms with Crippen LogP contribution in [0.25, 0.3) is 11.1 Å². The molecular weight excluding hydrogens is 382 g/mol. The van der Waals surface area contributed by atoms with Crippen molar-refractivity contribution in [2.45, 2.75) is 6.92 Å². The zero-order chi connectivity index (χ0) is 20.8. The molecule has 30 heavy (non-hydrogen) atoms. The summed E-state index contributed by atoms with van der Waals surface area (Å²) < 4.78 is 16.6. The number of nitrogen functional groups attached to an aromatic ring is 1. The van der Waals surface area contributed by atoms with Gasteiger partial charge in [-0.25, -0.2) is 9.59 Å². The maximum atomic E-state index is 12.7. The van der Waals surface area contributed by atoms with Crippen molar-refractivity contribution in [3.63, 3.8) is 0 Å². The number of anilines is 1. The van der Waals surface area contributed by atoms with Gasteiger partial charge in [0.25, 0.3) is 0 Å². The lowest BCUT2D eigenvalue weighted by Gasteiger charge is -2.09. The van der Waals surface area contributed by atoms with Crippen LogP contribution in [0.4, 0.5) is 5.69 Å². The lowest BCUT2D eigenvalue weighted by Crippen LogP contribution is -2.11. The molecule has 0 aromatic heterocycles. The number of hydrogen-bond donors (Lipinski definition) is 1. The molecule has 0 aliphatic carbocycles. The Labute approximate surface area is 171 Å². The van der Waals surface area contributed by atoms with Crippen LogP contribution in [-0.2, 0) is 9.59 Å². The minimum atomic E-state index is -0.478. The standard InChI is InChI=1S/C24H17NO5/c1-2-28-20-10-14(8-9-17(20)25)22-16-12-18-15(11-19(16)30-24(22)27)21(23(26)29-18)13-6-4-3-5-7-13/h3-12H,2,25H2,1H3. The molecule has 0 radical (unpaired) electrons. The van der Waals surface area contributed by atoms with Gasteiger partial charge in [0, 0.05) is 10.4 Å². The van der Waals surface area contributed by atoms with Gasteiger partial charge in [0.05, 0.1) is 23.4 Å². The SMILES string of the molecule is CCOc1cc(C2=c3cc4c(cc3OC2=O)=C(c2ccccc2)C(=O)O4)ccc1N. The van der Waals surface area contributed by atoms with Gasteiger partial charge in [0.15, 0.2) is 0 Å². The van der Waals surface area contributed by atoms with Gasteiger partial charge >= 0.3 is 11.9 Å². The van der Waals surface area contributed by atoms with E-state index < -0.39 is 11.9 Å². The van der Waals surface area contributed by atoms with Crippen LogP contribution >= 0.6 is 0 Å². The Balaban J connectivity index is 1.74. The summed E-state index contributed by atoms with van der Waals surface area (Å²) in [6.45, 7) is 2.31. The Morgan fingerprint density at radius 1 is 0.800 bits per heavy atom. The molecule has 0 amide bonds. The number of esters is 2. The highest BCUT2D eigenvalue weighted by atomic mass is 16.5. The van der Waals surface area contributed by atoms with E-state index in [-0.39, 0.29) is 0 Å². The quantitative estimate of drug-likeness (QED) is 0.410. The molecule has 3 aromatic carbocycles. The monoisotopic (exact) mass is 399 g/mol. The second kappa shape index (κ2) is 6.77. The number of fused-ring (bicyclic) bond motifs is 2. The van der Waals surface area contributed by atoms with Crippen LogP contribution in [0.3, 0.4) is 0 Å². The Bertz CT molecular complexity index is 1340. The lowest BCUT2D eigenvalue weighted by molar-refractivity contribution is -0.128. The van der Waals surface area contributed by atoms with Crippen molar-refractivity contribution in [2.75, 3.05) is 12.3 Å². The first kappa shape index (κ1) is 18.0. The third kappa shape index (κ3) is 2.73. The van der Waals surface area contributed by atoms with E-state index in [0.29, 0.717) is 56.7 Å². The largest absolute Gasteiger partial charge is 0.492 e. The highest BCUT2D eigenvalue weighted by Crippen LogP contribution is 2.30. The van der Waals surface area contributed by atoms with Crippen molar-refractivity contribution in [2.24, 2.45) is 0 Å². The molecule has 0 saturated carbocycles.